The number of hydrogen-bond acceptors (Lipinski definition) is 9. The third kappa shape index (κ3) is 4.99. The van der Waals surface area contributed by atoms with E-state index in [0.29, 0.717) is 47.5 Å². The van der Waals surface area contributed by atoms with E-state index < -0.39 is 5.60 Å². The van der Waals surface area contributed by atoms with Crippen LogP contribution >= 0.6 is 0 Å². The molecule has 0 saturated carbocycles. The molecular formula is C23H25N5O4. The maximum atomic E-state index is 10.7. The van der Waals surface area contributed by atoms with Gasteiger partial charge in [0.1, 0.15) is 29.1 Å². The second kappa shape index (κ2) is 8.86. The van der Waals surface area contributed by atoms with Crippen LogP contribution in [0.15, 0.2) is 35.0 Å². The summed E-state index contributed by atoms with van der Waals surface area (Å²) in [5.74, 6) is 7.84. The predicted octanol–water partition coefficient (Wildman–Crippen LogP) is 2.83. The number of nitrogens with one attached hydrogen (secondary N) is 1. The zero-order valence-corrected chi connectivity index (χ0v) is 18.2. The lowest BCUT2D eigenvalue weighted by molar-refractivity contribution is 0.112. The van der Waals surface area contributed by atoms with Gasteiger partial charge in [-0.15, -0.1) is 0 Å². The van der Waals surface area contributed by atoms with Crippen LogP contribution in [0.1, 0.15) is 35.9 Å². The Morgan fingerprint density at radius 1 is 1.31 bits per heavy atom. The Morgan fingerprint density at radius 2 is 2.16 bits per heavy atom. The van der Waals surface area contributed by atoms with E-state index in [-0.39, 0.29) is 12.1 Å². The summed E-state index contributed by atoms with van der Waals surface area (Å²) < 4.78 is 16.6. The SMILES string of the molecule is Cc1cc(C(C)(O)C#Cc2ccc(O[C@H]3CCOC3)c(Nc3nc(N)ncc3C)c2)no1. The Bertz CT molecular complexity index is 1170. The van der Waals surface area contributed by atoms with Crippen molar-refractivity contribution in [2.75, 3.05) is 24.3 Å². The lowest BCUT2D eigenvalue weighted by Gasteiger charge is -2.18. The number of nitrogen functional groups attached to an aromatic ring is 1. The van der Waals surface area contributed by atoms with Crippen molar-refractivity contribution >= 4 is 17.5 Å². The average Bonchev–Trinajstić information content (AvgIpc) is 3.43. The smallest absolute Gasteiger partial charge is 0.221 e. The van der Waals surface area contributed by atoms with Gasteiger partial charge in [-0.2, -0.15) is 4.98 Å². The number of aliphatic hydroxyl groups is 1. The third-order valence-corrected chi connectivity index (χ3v) is 4.98. The van der Waals surface area contributed by atoms with Gasteiger partial charge in [0.2, 0.25) is 5.95 Å². The molecule has 3 heterocycles. The van der Waals surface area contributed by atoms with Crippen LogP contribution in [0.5, 0.6) is 5.75 Å². The standard InChI is InChI=1S/C23H25N5O4/c1-14-12-25-22(24)27-21(14)26-18-11-16(4-5-19(18)31-17-7-9-30-13-17)6-8-23(3,29)20-10-15(2)32-28-20/h4-5,10-12,17,29H,7,9,13H2,1-3H3,(H3,24,25,26,27)/t17-,23?/m0/s1. The van der Waals surface area contributed by atoms with Gasteiger partial charge < -0.3 is 30.2 Å². The van der Waals surface area contributed by atoms with Crippen molar-refractivity contribution in [1.29, 1.82) is 0 Å². The molecule has 0 radical (unpaired) electrons. The highest BCUT2D eigenvalue weighted by molar-refractivity contribution is 5.68. The number of aryl methyl sites for hydroxylation is 2. The maximum absolute atomic E-state index is 10.7. The number of ether oxygens (including phenoxy) is 2. The molecule has 3 aromatic rings. The first-order valence-corrected chi connectivity index (χ1v) is 10.2. The molecule has 1 aliphatic heterocycles. The van der Waals surface area contributed by atoms with Gasteiger partial charge in [-0.25, -0.2) is 4.98 Å². The Labute approximate surface area is 186 Å². The van der Waals surface area contributed by atoms with Gasteiger partial charge >= 0.3 is 0 Å². The number of nitrogens with zero attached hydrogens (tertiary/aromatic N) is 3. The molecule has 2 aromatic heterocycles. The number of rotatable bonds is 5. The Balaban J connectivity index is 1.66. The monoisotopic (exact) mass is 435 g/mol. The summed E-state index contributed by atoms with van der Waals surface area (Å²) in [6.07, 6.45) is 2.44. The van der Waals surface area contributed by atoms with Gasteiger partial charge in [0.15, 0.2) is 5.60 Å². The molecular weight excluding hydrogens is 410 g/mol. The highest BCUT2D eigenvalue weighted by Crippen LogP contribution is 2.31. The molecule has 9 nitrogen and oxygen atoms in total. The molecule has 0 aliphatic carbocycles. The van der Waals surface area contributed by atoms with Crippen LogP contribution in [0, 0.1) is 25.7 Å². The van der Waals surface area contributed by atoms with Gasteiger partial charge in [-0.3, -0.25) is 0 Å². The van der Waals surface area contributed by atoms with Crippen LogP contribution in [0.4, 0.5) is 17.5 Å². The summed E-state index contributed by atoms with van der Waals surface area (Å²) >= 11 is 0. The topological polar surface area (TPSA) is 129 Å². The first-order chi connectivity index (χ1) is 15.3. The summed E-state index contributed by atoms with van der Waals surface area (Å²) in [6.45, 7) is 6.43. The molecule has 4 rings (SSSR count). The quantitative estimate of drug-likeness (QED) is 0.518. The minimum Gasteiger partial charge on any atom is -0.486 e. The van der Waals surface area contributed by atoms with Crippen molar-refractivity contribution in [2.45, 2.75) is 38.9 Å². The number of hydrogen-bond donors (Lipinski definition) is 3. The Morgan fingerprint density at radius 3 is 2.88 bits per heavy atom. The van der Waals surface area contributed by atoms with Gasteiger partial charge in [0, 0.05) is 29.8 Å². The average molecular weight is 435 g/mol. The van der Waals surface area contributed by atoms with Crippen LogP contribution < -0.4 is 15.8 Å². The molecule has 4 N–H and O–H groups in total. The zero-order chi connectivity index (χ0) is 22.7. The van der Waals surface area contributed by atoms with E-state index in [2.05, 4.69) is 32.3 Å². The molecule has 0 spiro atoms. The lowest BCUT2D eigenvalue weighted by Crippen LogP contribution is -2.19. The normalized spacial score (nSPS) is 17.3. The van der Waals surface area contributed by atoms with E-state index >= 15 is 0 Å². The van der Waals surface area contributed by atoms with Crippen molar-refractivity contribution in [3.63, 3.8) is 0 Å². The second-order valence-corrected chi connectivity index (χ2v) is 7.84. The summed E-state index contributed by atoms with van der Waals surface area (Å²) in [5.41, 5.74) is 6.82. The van der Waals surface area contributed by atoms with Crippen LogP contribution in [0.2, 0.25) is 0 Å². The van der Waals surface area contributed by atoms with Crippen molar-refractivity contribution in [3.05, 3.63) is 53.0 Å². The molecule has 1 fully saturated rings. The zero-order valence-electron chi connectivity index (χ0n) is 18.2. The van der Waals surface area contributed by atoms with Crippen LogP contribution in [-0.4, -0.2) is 39.5 Å². The van der Waals surface area contributed by atoms with Gasteiger partial charge in [-0.1, -0.05) is 17.0 Å². The predicted molar refractivity (Wildman–Crippen MR) is 118 cm³/mol. The maximum Gasteiger partial charge on any atom is 0.221 e. The van der Waals surface area contributed by atoms with E-state index in [4.69, 9.17) is 19.7 Å². The van der Waals surface area contributed by atoms with E-state index in [1.807, 2.05) is 25.1 Å². The minimum atomic E-state index is -1.46. The lowest BCUT2D eigenvalue weighted by atomic mass is 10.0. The Hall–Kier alpha value is -3.61. The summed E-state index contributed by atoms with van der Waals surface area (Å²) in [6, 6.07) is 7.15. The van der Waals surface area contributed by atoms with Gasteiger partial charge in [-0.05, 0) is 39.0 Å². The van der Waals surface area contributed by atoms with E-state index in [1.165, 1.54) is 0 Å². The minimum absolute atomic E-state index is 0.0276. The second-order valence-electron chi connectivity index (χ2n) is 7.84. The highest BCUT2D eigenvalue weighted by atomic mass is 16.5. The van der Waals surface area contributed by atoms with Crippen LogP contribution in [0.25, 0.3) is 0 Å². The number of anilines is 3. The molecule has 166 valence electrons. The first-order valence-electron chi connectivity index (χ1n) is 10.2. The number of benzene rings is 1. The molecule has 9 heteroatoms. The van der Waals surface area contributed by atoms with Crippen molar-refractivity contribution < 1.29 is 19.1 Å². The Kier molecular flexibility index (Phi) is 5.99. The fourth-order valence-corrected chi connectivity index (χ4v) is 3.16. The van der Waals surface area contributed by atoms with Gasteiger partial charge in [0.05, 0.1) is 18.9 Å². The van der Waals surface area contributed by atoms with Crippen LogP contribution in [0.3, 0.4) is 0 Å². The van der Waals surface area contributed by atoms with Crippen molar-refractivity contribution in [1.82, 2.24) is 15.1 Å². The van der Waals surface area contributed by atoms with E-state index in [1.54, 1.807) is 26.1 Å². The molecule has 0 amide bonds. The van der Waals surface area contributed by atoms with Crippen molar-refractivity contribution in [3.8, 4) is 17.6 Å². The number of nitrogens with two attached hydrogens (primary N) is 1. The molecule has 1 aromatic carbocycles. The summed E-state index contributed by atoms with van der Waals surface area (Å²) in [4.78, 5) is 8.28. The first kappa shape index (κ1) is 21.6. The van der Waals surface area contributed by atoms with E-state index in [0.717, 1.165) is 12.0 Å². The molecule has 1 aliphatic rings. The fraction of sp³-hybridized carbons (Fsp3) is 0.348. The molecule has 1 unspecified atom stereocenters. The van der Waals surface area contributed by atoms with Gasteiger partial charge in [0.25, 0.3) is 0 Å². The molecule has 2 atom stereocenters. The fourth-order valence-electron chi connectivity index (χ4n) is 3.16. The summed E-state index contributed by atoms with van der Waals surface area (Å²) in [7, 11) is 0. The van der Waals surface area contributed by atoms with E-state index in [9.17, 15) is 5.11 Å². The molecule has 32 heavy (non-hydrogen) atoms. The third-order valence-electron chi connectivity index (χ3n) is 4.98. The van der Waals surface area contributed by atoms with Crippen LogP contribution in [-0.2, 0) is 10.3 Å². The summed E-state index contributed by atoms with van der Waals surface area (Å²) in [5, 5.41) is 17.8. The molecule has 1 saturated heterocycles. The highest BCUT2D eigenvalue weighted by Gasteiger charge is 2.24. The van der Waals surface area contributed by atoms with Crippen molar-refractivity contribution in [2.24, 2.45) is 0 Å². The molecule has 0 bridgehead atoms. The number of aromatic nitrogens is 3. The largest absolute Gasteiger partial charge is 0.486 e.